The lowest BCUT2D eigenvalue weighted by molar-refractivity contribution is -0.138. The van der Waals surface area contributed by atoms with Gasteiger partial charge in [-0.3, -0.25) is 4.79 Å². The van der Waals surface area contributed by atoms with Crippen molar-refractivity contribution in [1.29, 1.82) is 0 Å². The highest BCUT2D eigenvalue weighted by Gasteiger charge is 2.47. The van der Waals surface area contributed by atoms with Crippen LogP contribution in [0.2, 0.25) is 0 Å². The number of nitrogens with one attached hydrogen (secondary N) is 1. The summed E-state index contributed by atoms with van der Waals surface area (Å²) in [6, 6.07) is 0. The summed E-state index contributed by atoms with van der Waals surface area (Å²) in [6.45, 7) is 1.76. The van der Waals surface area contributed by atoms with Gasteiger partial charge in [0.1, 0.15) is 4.87 Å². The first kappa shape index (κ1) is 16.7. The van der Waals surface area contributed by atoms with Crippen LogP contribution in [0.15, 0.2) is 34.3 Å². The van der Waals surface area contributed by atoms with Crippen LogP contribution in [-0.2, 0) is 14.3 Å². The highest BCUT2D eigenvalue weighted by molar-refractivity contribution is 8.05. The highest BCUT2D eigenvalue weighted by atomic mass is 32.2. The summed E-state index contributed by atoms with van der Waals surface area (Å²) in [5.74, 6) is -3.65. The fourth-order valence-corrected chi connectivity index (χ4v) is 3.48. The first-order chi connectivity index (χ1) is 10.2. The number of dihydropyridines is 1. The zero-order chi connectivity index (χ0) is 16.5. The topological polar surface area (TPSA) is 67.8 Å². The van der Waals surface area contributed by atoms with E-state index in [1.807, 2.05) is 0 Å². The summed E-state index contributed by atoms with van der Waals surface area (Å²) in [4.78, 5) is 9.56. The number of aliphatic carboxylic acids is 1. The van der Waals surface area contributed by atoms with Crippen LogP contribution >= 0.6 is 11.8 Å². The molecule has 0 saturated heterocycles. The summed E-state index contributed by atoms with van der Waals surface area (Å²) >= 11 is 0.956. The molecule has 1 unspecified atom stereocenters. The third kappa shape index (κ3) is 3.06. The van der Waals surface area contributed by atoms with E-state index in [1.54, 1.807) is 13.0 Å². The van der Waals surface area contributed by atoms with E-state index in [1.165, 1.54) is 20.3 Å². The number of methoxy groups -OCH3 is 2. The number of carbonyl (C=O) groups is 1. The summed E-state index contributed by atoms with van der Waals surface area (Å²) in [5.41, 5.74) is 0.625. The fraction of sp³-hybridized carbons (Fsp3) is 0.500. The van der Waals surface area contributed by atoms with Gasteiger partial charge in [-0.25, -0.2) is 8.78 Å². The summed E-state index contributed by atoms with van der Waals surface area (Å²) in [6.07, 6.45) is 1.71. The normalized spacial score (nSPS) is 24.2. The smallest absolute Gasteiger partial charge is 0.303 e. The van der Waals surface area contributed by atoms with Gasteiger partial charge in [0.05, 0.1) is 25.5 Å². The maximum Gasteiger partial charge on any atom is 0.303 e. The molecule has 2 aliphatic heterocycles. The molecule has 0 aromatic carbocycles. The van der Waals surface area contributed by atoms with E-state index in [-0.39, 0.29) is 4.91 Å². The minimum Gasteiger partial charge on any atom is -0.491 e. The first-order valence-corrected chi connectivity index (χ1v) is 7.37. The number of halogens is 2. The Morgan fingerprint density at radius 3 is 2.64 bits per heavy atom. The van der Waals surface area contributed by atoms with Crippen molar-refractivity contribution in [3.8, 4) is 0 Å². The summed E-state index contributed by atoms with van der Waals surface area (Å²) in [5, 5.41) is 11.6. The molecular weight excluding hydrogens is 316 g/mol. The van der Waals surface area contributed by atoms with Crippen molar-refractivity contribution in [2.24, 2.45) is 0 Å². The average molecular weight is 333 g/mol. The summed E-state index contributed by atoms with van der Waals surface area (Å²) in [7, 11) is 2.92. The zero-order valence-corrected chi connectivity index (χ0v) is 13.2. The lowest BCUT2D eigenvalue weighted by Gasteiger charge is -2.33. The third-order valence-corrected chi connectivity index (χ3v) is 4.83. The molecule has 0 amide bonds. The van der Waals surface area contributed by atoms with Crippen molar-refractivity contribution >= 4 is 17.7 Å². The van der Waals surface area contributed by atoms with Crippen LogP contribution in [0.25, 0.3) is 0 Å². The average Bonchev–Trinajstić information content (AvgIpc) is 2.80. The molecule has 0 aromatic rings. The van der Waals surface area contributed by atoms with Gasteiger partial charge >= 0.3 is 5.97 Å². The van der Waals surface area contributed by atoms with Gasteiger partial charge in [-0.05, 0) is 24.6 Å². The predicted octanol–water partition coefficient (Wildman–Crippen LogP) is 2.82. The van der Waals surface area contributed by atoms with Gasteiger partial charge in [0.15, 0.2) is 5.76 Å². The Balaban J connectivity index is 2.27. The van der Waals surface area contributed by atoms with Crippen LogP contribution in [0.1, 0.15) is 19.8 Å². The van der Waals surface area contributed by atoms with E-state index >= 15 is 0 Å². The van der Waals surface area contributed by atoms with Crippen LogP contribution in [-0.4, -0.2) is 36.1 Å². The number of thioether (sulfide) groups is 1. The Kier molecular flexibility index (Phi) is 4.42. The number of alkyl halides is 2. The van der Waals surface area contributed by atoms with Gasteiger partial charge in [-0.2, -0.15) is 0 Å². The van der Waals surface area contributed by atoms with Crippen molar-refractivity contribution < 1.29 is 28.2 Å². The Hall–Kier alpha value is -1.70. The molecule has 2 aliphatic rings. The molecule has 0 spiro atoms. The molecule has 0 saturated carbocycles. The van der Waals surface area contributed by atoms with E-state index in [0.717, 1.165) is 11.8 Å². The van der Waals surface area contributed by atoms with Crippen molar-refractivity contribution in [2.75, 3.05) is 14.2 Å². The molecule has 22 heavy (non-hydrogen) atoms. The predicted molar refractivity (Wildman–Crippen MR) is 78.2 cm³/mol. The van der Waals surface area contributed by atoms with Crippen molar-refractivity contribution in [2.45, 2.75) is 30.6 Å². The van der Waals surface area contributed by atoms with Crippen LogP contribution in [0.4, 0.5) is 8.78 Å². The van der Waals surface area contributed by atoms with E-state index in [9.17, 15) is 13.6 Å². The van der Waals surface area contributed by atoms with E-state index in [2.05, 4.69) is 5.32 Å². The van der Waals surface area contributed by atoms with E-state index < -0.39 is 29.6 Å². The SMILES string of the molecule is COC1=C(OC)NC2(C)SC(C(F)(F)CCC(=O)O)=CC2=C1. The lowest BCUT2D eigenvalue weighted by atomic mass is 10.0. The number of rotatable bonds is 6. The van der Waals surface area contributed by atoms with Gasteiger partial charge in [0, 0.05) is 6.42 Å². The third-order valence-electron chi connectivity index (χ3n) is 3.45. The minimum absolute atomic E-state index is 0.164. The number of fused-ring (bicyclic) bond motifs is 1. The summed E-state index contributed by atoms with van der Waals surface area (Å²) < 4.78 is 38.7. The molecule has 122 valence electrons. The number of carboxylic acids is 1. The molecule has 2 N–H and O–H groups in total. The minimum atomic E-state index is -3.19. The van der Waals surface area contributed by atoms with Crippen LogP contribution in [0, 0.1) is 0 Å². The van der Waals surface area contributed by atoms with Gasteiger partial charge in [0.2, 0.25) is 5.88 Å². The van der Waals surface area contributed by atoms with Crippen LogP contribution in [0.3, 0.4) is 0 Å². The molecule has 0 aliphatic carbocycles. The monoisotopic (exact) mass is 333 g/mol. The largest absolute Gasteiger partial charge is 0.491 e. The van der Waals surface area contributed by atoms with E-state index in [4.69, 9.17) is 14.6 Å². The Morgan fingerprint density at radius 2 is 2.09 bits per heavy atom. The second kappa shape index (κ2) is 5.83. The highest BCUT2D eigenvalue weighted by Crippen LogP contribution is 2.52. The molecule has 0 radical (unpaired) electrons. The first-order valence-electron chi connectivity index (χ1n) is 6.55. The second-order valence-electron chi connectivity index (χ2n) is 5.07. The van der Waals surface area contributed by atoms with Gasteiger partial charge in [-0.1, -0.05) is 11.8 Å². The molecule has 0 fully saturated rings. The fourth-order valence-electron chi connectivity index (χ4n) is 2.22. The number of hydrogen-bond acceptors (Lipinski definition) is 5. The van der Waals surface area contributed by atoms with Crippen molar-refractivity contribution in [3.05, 3.63) is 34.3 Å². The zero-order valence-electron chi connectivity index (χ0n) is 12.4. The van der Waals surface area contributed by atoms with Gasteiger partial charge < -0.3 is 19.9 Å². The molecule has 2 rings (SSSR count). The lowest BCUT2D eigenvalue weighted by Crippen LogP contribution is -2.42. The van der Waals surface area contributed by atoms with Crippen molar-refractivity contribution in [1.82, 2.24) is 5.32 Å². The standard InChI is InChI=1S/C14H17F2NO4S/c1-13-8(6-9(20-2)12(17-13)21-3)7-10(22-13)14(15,16)5-4-11(18)19/h6-7,17H,4-5H2,1-3H3,(H,18,19). The quantitative estimate of drug-likeness (QED) is 0.779. The molecule has 2 heterocycles. The number of carboxylic acid groups (broad SMARTS) is 1. The number of ether oxygens (including phenoxy) is 2. The Bertz CT molecular complexity index is 585. The molecule has 1 atom stereocenters. The Labute approximate surface area is 131 Å². The maximum atomic E-state index is 14.2. The van der Waals surface area contributed by atoms with Crippen LogP contribution < -0.4 is 5.32 Å². The van der Waals surface area contributed by atoms with Crippen molar-refractivity contribution in [3.63, 3.8) is 0 Å². The number of allylic oxidation sites excluding steroid dienone is 2. The number of hydrogen-bond donors (Lipinski definition) is 2. The van der Waals surface area contributed by atoms with Crippen LogP contribution in [0.5, 0.6) is 0 Å². The molecular formula is C14H17F2NO4S. The van der Waals surface area contributed by atoms with Gasteiger partial charge in [0.25, 0.3) is 5.92 Å². The van der Waals surface area contributed by atoms with Gasteiger partial charge in [-0.15, -0.1) is 0 Å². The molecule has 0 bridgehead atoms. The van der Waals surface area contributed by atoms with E-state index in [0.29, 0.717) is 17.2 Å². The second-order valence-corrected chi connectivity index (χ2v) is 6.53. The maximum absolute atomic E-state index is 14.2. The molecule has 5 nitrogen and oxygen atoms in total. The molecule has 8 heteroatoms. The molecule has 0 aromatic heterocycles. The Morgan fingerprint density at radius 1 is 1.41 bits per heavy atom.